The average molecular weight is 1250 g/mol. The Morgan fingerprint density at radius 2 is 1.13 bits per heavy atom. The molecule has 0 aliphatic carbocycles. The summed E-state index contributed by atoms with van der Waals surface area (Å²) in [4.78, 5) is 112. The number of unbranched alkanes of at least 4 members (excludes halogenated alkanes) is 1. The van der Waals surface area contributed by atoms with Gasteiger partial charge in [-0.25, -0.2) is 18.5 Å². The fourth-order valence-electron chi connectivity index (χ4n) is 9.87. The van der Waals surface area contributed by atoms with Crippen LogP contribution in [0.2, 0.25) is 0 Å². The molecule has 0 aromatic heterocycles. The number of aliphatic hydroxyl groups excluding tert-OH is 4. The lowest BCUT2D eigenvalue weighted by Gasteiger charge is -2.49. The van der Waals surface area contributed by atoms with Crippen LogP contribution < -0.4 is 32.3 Å². The first kappa shape index (κ1) is 76.3. The molecule has 5 amide bonds. The summed E-state index contributed by atoms with van der Waals surface area (Å²) in [6.07, 6.45) is -5.03. The van der Waals surface area contributed by atoms with Gasteiger partial charge in [-0.1, -0.05) is 92.4 Å². The molecule has 2 aliphatic rings. The van der Waals surface area contributed by atoms with E-state index in [4.69, 9.17) is 33.5 Å². The molecule has 6 unspecified atom stereocenters. The smallest absolute Gasteiger partial charge is 0.479 e. The van der Waals surface area contributed by atoms with E-state index in [1.165, 1.54) is 25.7 Å². The third-order valence-corrected chi connectivity index (χ3v) is 18.1. The highest BCUT2D eigenvalue weighted by molar-refractivity contribution is 7.64. The minimum absolute atomic E-state index is 0.00193. The van der Waals surface area contributed by atoms with Crippen molar-refractivity contribution in [1.82, 2.24) is 26.6 Å². The predicted octanol–water partition coefficient (Wildman–Crippen LogP) is 1.65. The zero-order valence-corrected chi connectivity index (χ0v) is 51.8. The molecular weight excluding hydrogens is 1150 g/mol. The SMILES string of the molecule is CC(=O)N[C@@H]1[C@@H](O[C@H](C)C(=O)N[C@@H](C)C(=O)N[C@H](CCC(=O)N[C@@H](CCCCN)C(=O)O)C(=O)O)C(O[C@@H]2O[C@H](CO)[C@@H](O)[C@H](O)[C@H]2NC(C)=O)[C@@H](CO)O[C@@H]1P(=O)(O)OP(=O)(O)OCCC(C)CCCC(C)CCCC(C)CCCC(C)C. The number of nitrogens with two attached hydrogens (primary N) is 1. The number of rotatable bonds is 41. The van der Waals surface area contributed by atoms with Gasteiger partial charge in [0.25, 0.3) is 0 Å². The summed E-state index contributed by atoms with van der Waals surface area (Å²) in [6.45, 7) is 12.9. The van der Waals surface area contributed by atoms with Crippen LogP contribution in [0.3, 0.4) is 0 Å². The second-order valence-corrected chi connectivity index (χ2v) is 26.4. The van der Waals surface area contributed by atoms with Gasteiger partial charge in [0, 0.05) is 20.3 Å². The van der Waals surface area contributed by atoms with Gasteiger partial charge in [-0.3, -0.25) is 33.1 Å². The van der Waals surface area contributed by atoms with E-state index >= 15 is 0 Å². The van der Waals surface area contributed by atoms with E-state index in [1.807, 2.05) is 6.92 Å². The fraction of sp³-hybridized carbons (Fsp3) is 0.868. The summed E-state index contributed by atoms with van der Waals surface area (Å²) >= 11 is 0. The second-order valence-electron chi connectivity index (χ2n) is 22.9. The number of amides is 5. The molecule has 19 atom stereocenters. The first-order chi connectivity index (χ1) is 39.3. The summed E-state index contributed by atoms with van der Waals surface area (Å²) in [5.41, 5.74) is 5.46. The maximum absolute atomic E-state index is 14.4. The van der Waals surface area contributed by atoms with Crippen molar-refractivity contribution in [2.75, 3.05) is 26.4 Å². The lowest BCUT2D eigenvalue weighted by atomic mass is 9.91. The summed E-state index contributed by atoms with van der Waals surface area (Å²) in [6, 6.07) is -8.32. The molecule has 0 radical (unpaired) electrons. The van der Waals surface area contributed by atoms with Crippen molar-refractivity contribution in [3.63, 3.8) is 0 Å². The Morgan fingerprint density at radius 1 is 0.607 bits per heavy atom. The number of nitrogens with one attached hydrogen (secondary N) is 5. The minimum Gasteiger partial charge on any atom is -0.480 e. The van der Waals surface area contributed by atoms with Gasteiger partial charge < -0.3 is 91.7 Å². The minimum atomic E-state index is -5.77. The Kier molecular flexibility index (Phi) is 34.4. The normalized spacial score (nSPS) is 26.6. The molecule has 0 aromatic carbocycles. The van der Waals surface area contributed by atoms with Crippen molar-refractivity contribution in [1.29, 1.82) is 0 Å². The topological polar surface area (TPSA) is 457 Å². The first-order valence-corrected chi connectivity index (χ1v) is 32.2. The highest BCUT2D eigenvalue weighted by atomic mass is 31.3. The standard InChI is InChI=1S/C53H98N6O23P2/c1-29(2)15-12-16-30(3)17-13-18-31(4)19-14-20-32(5)24-26-77-84(75,76)82-83(73,74)53-43(57-36(9)63)47(46(40(28-61)80-53)81-52-42(56-35(8)62)45(66)44(65)39(27-60)79-52)78-34(7)49(68)55-33(6)48(67)59-38(51(71)72)22-23-41(64)58-37(50(69)70)21-10-11-25-54/h29-34,37-40,42-47,52-53,60-61,65-66H,10-28,54H2,1-9H3,(H,55,68)(H,56,62)(H,57,63)(H,58,64)(H,59,67)(H,69,70)(H,71,72)(H,73,74)(H,75,76)/t30?,31?,32?,33-,34+,37-,38+,39+,40+,42+,43+,44+,45+,46?,47+,52-,53+/m0/s1. The number of phosphoric ester groups is 1. The molecular formula is C53H98N6O23P2. The highest BCUT2D eigenvalue weighted by Gasteiger charge is 2.59. The number of carbonyl (C=O) groups is 7. The number of carboxylic acid groups (broad SMARTS) is 2. The van der Waals surface area contributed by atoms with Crippen molar-refractivity contribution in [3.8, 4) is 0 Å². The van der Waals surface area contributed by atoms with Gasteiger partial charge in [0.1, 0.15) is 66.9 Å². The van der Waals surface area contributed by atoms with Crippen LogP contribution in [0.25, 0.3) is 0 Å². The number of carboxylic acids is 2. The van der Waals surface area contributed by atoms with Crippen LogP contribution in [0.1, 0.15) is 159 Å². The van der Waals surface area contributed by atoms with Crippen LogP contribution in [-0.2, 0) is 70.5 Å². The molecule has 2 aliphatic heterocycles. The van der Waals surface area contributed by atoms with E-state index in [-0.39, 0.29) is 18.8 Å². The number of hydrogen-bond donors (Lipinski definition) is 14. The van der Waals surface area contributed by atoms with E-state index in [0.29, 0.717) is 37.1 Å². The Bertz CT molecular complexity index is 2170. The molecule has 2 fully saturated rings. The van der Waals surface area contributed by atoms with E-state index < -0.39 is 175 Å². The van der Waals surface area contributed by atoms with E-state index in [2.05, 4.69) is 54.3 Å². The van der Waals surface area contributed by atoms with Crippen molar-refractivity contribution in [3.05, 3.63) is 0 Å². The lowest BCUT2D eigenvalue weighted by Crippen LogP contribution is -2.69. The second kappa shape index (κ2) is 37.8. The summed E-state index contributed by atoms with van der Waals surface area (Å²) in [5.74, 6) is -8.31. The lowest BCUT2D eigenvalue weighted by molar-refractivity contribution is -0.316. The molecule has 29 nitrogen and oxygen atoms in total. The van der Waals surface area contributed by atoms with Crippen LogP contribution in [0.4, 0.5) is 0 Å². The Morgan fingerprint density at radius 3 is 1.64 bits per heavy atom. The Balaban J connectivity index is 2.38. The van der Waals surface area contributed by atoms with Gasteiger partial charge in [-0.05, 0) is 76.2 Å². The van der Waals surface area contributed by atoms with E-state index in [1.54, 1.807) is 0 Å². The number of phosphoric acid groups is 1. The van der Waals surface area contributed by atoms with Crippen molar-refractivity contribution >= 4 is 56.9 Å². The maximum Gasteiger partial charge on any atom is 0.479 e. The van der Waals surface area contributed by atoms with Gasteiger partial charge in [0.15, 0.2) is 12.1 Å². The summed E-state index contributed by atoms with van der Waals surface area (Å²) < 4.78 is 61.8. The monoisotopic (exact) mass is 1250 g/mol. The molecule has 84 heavy (non-hydrogen) atoms. The molecule has 15 N–H and O–H groups in total. The Labute approximate surface area is 492 Å². The summed E-state index contributed by atoms with van der Waals surface area (Å²) in [5, 5.41) is 73.4. The van der Waals surface area contributed by atoms with Crippen LogP contribution in [0, 0.1) is 23.7 Å². The third kappa shape index (κ3) is 27.1. The molecule has 2 rings (SSSR count). The quantitative estimate of drug-likeness (QED) is 0.0306. The molecule has 31 heteroatoms. The maximum atomic E-state index is 14.4. The summed E-state index contributed by atoms with van der Waals surface area (Å²) in [7, 11) is -11.2. The van der Waals surface area contributed by atoms with Crippen molar-refractivity contribution in [2.24, 2.45) is 29.4 Å². The first-order valence-electron chi connectivity index (χ1n) is 29.1. The molecule has 2 saturated heterocycles. The number of hydrogen-bond acceptors (Lipinski definition) is 20. The van der Waals surface area contributed by atoms with Gasteiger partial charge in [0.2, 0.25) is 29.5 Å². The third-order valence-electron chi connectivity index (χ3n) is 14.8. The number of ether oxygens (including phenoxy) is 4. The average Bonchev–Trinajstić information content (AvgIpc) is 1.95. The van der Waals surface area contributed by atoms with Crippen molar-refractivity contribution < 1.29 is 111 Å². The molecule has 2 heterocycles. The predicted molar refractivity (Wildman–Crippen MR) is 302 cm³/mol. The number of aliphatic carboxylic acids is 2. The van der Waals surface area contributed by atoms with Gasteiger partial charge in [-0.15, -0.1) is 0 Å². The Hall–Kier alpha value is -3.77. The highest BCUT2D eigenvalue weighted by Crippen LogP contribution is 2.64. The number of carbonyl (C=O) groups excluding carboxylic acids is 5. The van der Waals surface area contributed by atoms with E-state index in [0.717, 1.165) is 59.8 Å². The van der Waals surface area contributed by atoms with Crippen LogP contribution >= 0.6 is 15.4 Å². The van der Waals surface area contributed by atoms with Gasteiger partial charge >= 0.3 is 27.4 Å². The van der Waals surface area contributed by atoms with Crippen LogP contribution in [0.5, 0.6) is 0 Å². The molecule has 0 spiro atoms. The fourth-order valence-corrected chi connectivity index (χ4v) is 12.9. The largest absolute Gasteiger partial charge is 0.480 e. The molecule has 0 aromatic rings. The van der Waals surface area contributed by atoms with Crippen molar-refractivity contribution in [2.45, 2.75) is 244 Å². The van der Waals surface area contributed by atoms with Crippen LogP contribution in [0.15, 0.2) is 0 Å². The number of aliphatic hydroxyl groups is 4. The molecule has 0 saturated carbocycles. The van der Waals surface area contributed by atoms with E-state index in [9.17, 15) is 83.1 Å². The van der Waals surface area contributed by atoms with Gasteiger partial charge in [-0.2, -0.15) is 0 Å². The van der Waals surface area contributed by atoms with Gasteiger partial charge in [0.05, 0.1) is 25.9 Å². The molecule has 0 bridgehead atoms. The molecule has 488 valence electrons. The zero-order valence-electron chi connectivity index (χ0n) is 50.0. The van der Waals surface area contributed by atoms with Crippen LogP contribution in [-0.4, -0.2) is 193 Å². The zero-order chi connectivity index (χ0) is 63.6.